The number of halogens is 1. The summed E-state index contributed by atoms with van der Waals surface area (Å²) in [6.45, 7) is 5.35. The topological polar surface area (TPSA) is 97.2 Å². The molecule has 2 aromatic heterocycles. The molecule has 0 bridgehead atoms. The van der Waals surface area contributed by atoms with Gasteiger partial charge in [-0.25, -0.2) is 14.2 Å². The molecule has 0 saturated carbocycles. The summed E-state index contributed by atoms with van der Waals surface area (Å²) in [5, 5.41) is 18.5. The van der Waals surface area contributed by atoms with Gasteiger partial charge in [-0.1, -0.05) is 11.6 Å². The maximum Gasteiger partial charge on any atom is 0.419 e. The zero-order valence-electron chi connectivity index (χ0n) is 16.0. The van der Waals surface area contributed by atoms with Crippen molar-refractivity contribution in [2.75, 3.05) is 0 Å². The number of nitrogens with zero attached hydrogens (tertiary/aromatic N) is 2. The molecule has 0 spiro atoms. The van der Waals surface area contributed by atoms with Gasteiger partial charge in [-0.2, -0.15) is 5.10 Å². The molecule has 0 unspecified atom stereocenters. The first-order valence-electron chi connectivity index (χ1n) is 8.90. The summed E-state index contributed by atoms with van der Waals surface area (Å²) in [4.78, 5) is 24.4. The Morgan fingerprint density at radius 2 is 1.90 bits per heavy atom. The number of carboxylic acids is 1. The molecule has 0 atom stereocenters. The van der Waals surface area contributed by atoms with Crippen molar-refractivity contribution in [3.8, 4) is 11.4 Å². The number of aromatic amines is 1. The summed E-state index contributed by atoms with van der Waals surface area (Å²) in [7, 11) is 0. The number of nitrogens with one attached hydrogen (secondary N) is 1. The Balaban J connectivity index is 1.99. The van der Waals surface area contributed by atoms with Crippen molar-refractivity contribution in [1.82, 2.24) is 14.8 Å². The van der Waals surface area contributed by atoms with Gasteiger partial charge in [-0.15, -0.1) is 0 Å². The highest BCUT2D eigenvalue weighted by molar-refractivity contribution is 6.31. The van der Waals surface area contributed by atoms with E-state index in [0.29, 0.717) is 27.3 Å². The SMILES string of the molecule is CC(C)(C)OC(=O)n1c(-c2n[nH]c3cc(Cl)ccc23)cc2cc(C(=O)O)ccc21. The fourth-order valence-electron chi connectivity index (χ4n) is 3.21. The average molecular weight is 412 g/mol. The van der Waals surface area contributed by atoms with Gasteiger partial charge in [-0.05, 0) is 63.2 Å². The molecular formula is C21H18ClN3O4. The molecule has 4 aromatic rings. The Labute approximate surface area is 170 Å². The molecule has 7 nitrogen and oxygen atoms in total. The number of aromatic nitrogens is 3. The Bertz CT molecular complexity index is 1280. The minimum atomic E-state index is -1.04. The summed E-state index contributed by atoms with van der Waals surface area (Å²) in [6, 6.07) is 11.6. The van der Waals surface area contributed by atoms with Crippen LogP contribution in [0.5, 0.6) is 0 Å². The highest BCUT2D eigenvalue weighted by Gasteiger charge is 2.25. The third kappa shape index (κ3) is 3.45. The van der Waals surface area contributed by atoms with Gasteiger partial charge in [-0.3, -0.25) is 5.10 Å². The number of ether oxygens (including phenoxy) is 1. The molecule has 2 N–H and O–H groups in total. The molecular weight excluding hydrogens is 394 g/mol. The van der Waals surface area contributed by atoms with E-state index in [1.54, 1.807) is 45.0 Å². The number of carboxylic acid groups (broad SMARTS) is 1. The van der Waals surface area contributed by atoms with Crippen LogP contribution in [-0.4, -0.2) is 37.5 Å². The van der Waals surface area contributed by atoms with Crippen LogP contribution in [0.25, 0.3) is 33.2 Å². The lowest BCUT2D eigenvalue weighted by Crippen LogP contribution is -2.27. The van der Waals surface area contributed by atoms with Crippen molar-refractivity contribution in [2.24, 2.45) is 0 Å². The molecule has 0 aliphatic heterocycles. The van der Waals surface area contributed by atoms with Crippen molar-refractivity contribution < 1.29 is 19.4 Å². The second kappa shape index (κ2) is 6.63. The highest BCUT2D eigenvalue weighted by Crippen LogP contribution is 2.33. The smallest absolute Gasteiger partial charge is 0.419 e. The number of carbonyl (C=O) groups is 2. The second-order valence-electron chi connectivity index (χ2n) is 7.69. The zero-order valence-corrected chi connectivity index (χ0v) is 16.7. The third-order valence-electron chi connectivity index (χ3n) is 4.39. The van der Waals surface area contributed by atoms with E-state index in [0.717, 1.165) is 10.9 Å². The monoisotopic (exact) mass is 411 g/mol. The minimum Gasteiger partial charge on any atom is -0.478 e. The second-order valence-corrected chi connectivity index (χ2v) is 8.12. The Morgan fingerprint density at radius 3 is 2.59 bits per heavy atom. The predicted octanol–water partition coefficient (Wildman–Crippen LogP) is 5.32. The number of aromatic carboxylic acids is 1. The van der Waals surface area contributed by atoms with Gasteiger partial charge in [0.1, 0.15) is 11.3 Å². The average Bonchev–Trinajstić information content (AvgIpc) is 3.19. The van der Waals surface area contributed by atoms with Crippen LogP contribution in [0, 0.1) is 0 Å². The van der Waals surface area contributed by atoms with E-state index in [1.165, 1.54) is 16.7 Å². The van der Waals surface area contributed by atoms with E-state index in [1.807, 2.05) is 6.07 Å². The van der Waals surface area contributed by atoms with Crippen LogP contribution in [0.2, 0.25) is 5.02 Å². The number of H-pyrrole nitrogens is 1. The van der Waals surface area contributed by atoms with Gasteiger partial charge in [0.25, 0.3) is 0 Å². The Hall–Kier alpha value is -3.32. The first kappa shape index (κ1) is 19.0. The molecule has 0 amide bonds. The number of rotatable bonds is 2. The molecule has 0 aliphatic rings. The highest BCUT2D eigenvalue weighted by atomic mass is 35.5. The van der Waals surface area contributed by atoms with Crippen LogP contribution in [0.1, 0.15) is 31.1 Å². The van der Waals surface area contributed by atoms with E-state index in [4.69, 9.17) is 16.3 Å². The van der Waals surface area contributed by atoms with E-state index < -0.39 is 17.7 Å². The van der Waals surface area contributed by atoms with Crippen molar-refractivity contribution in [3.05, 3.63) is 53.1 Å². The molecule has 29 heavy (non-hydrogen) atoms. The lowest BCUT2D eigenvalue weighted by molar-refractivity contribution is 0.0546. The largest absolute Gasteiger partial charge is 0.478 e. The number of hydrogen-bond donors (Lipinski definition) is 2. The van der Waals surface area contributed by atoms with Crippen molar-refractivity contribution in [3.63, 3.8) is 0 Å². The number of benzene rings is 2. The molecule has 0 aliphatic carbocycles. The van der Waals surface area contributed by atoms with Crippen molar-refractivity contribution >= 4 is 45.5 Å². The van der Waals surface area contributed by atoms with Crippen molar-refractivity contribution in [2.45, 2.75) is 26.4 Å². The first-order chi connectivity index (χ1) is 13.6. The van der Waals surface area contributed by atoms with E-state index in [2.05, 4.69) is 10.2 Å². The molecule has 148 valence electrons. The summed E-state index contributed by atoms with van der Waals surface area (Å²) in [6.07, 6.45) is -0.573. The van der Waals surface area contributed by atoms with E-state index >= 15 is 0 Å². The predicted molar refractivity (Wildman–Crippen MR) is 111 cm³/mol. The molecule has 8 heteroatoms. The zero-order chi connectivity index (χ0) is 20.9. The lowest BCUT2D eigenvalue weighted by Gasteiger charge is -2.20. The van der Waals surface area contributed by atoms with Crippen LogP contribution in [0.15, 0.2) is 42.5 Å². The van der Waals surface area contributed by atoms with Gasteiger partial charge < -0.3 is 9.84 Å². The minimum absolute atomic E-state index is 0.129. The van der Waals surface area contributed by atoms with Crippen LogP contribution in [0.3, 0.4) is 0 Å². The van der Waals surface area contributed by atoms with Crippen LogP contribution >= 0.6 is 11.6 Å². The Kier molecular flexibility index (Phi) is 4.35. The lowest BCUT2D eigenvalue weighted by atomic mass is 10.1. The molecule has 2 heterocycles. The molecule has 0 radical (unpaired) electrons. The van der Waals surface area contributed by atoms with E-state index in [-0.39, 0.29) is 5.56 Å². The number of carbonyl (C=O) groups excluding carboxylic acids is 1. The molecule has 0 saturated heterocycles. The Morgan fingerprint density at radius 1 is 1.14 bits per heavy atom. The van der Waals surface area contributed by atoms with Gasteiger partial charge in [0.05, 0.1) is 22.3 Å². The van der Waals surface area contributed by atoms with Gasteiger partial charge in [0, 0.05) is 15.8 Å². The fraction of sp³-hybridized carbons (Fsp3) is 0.190. The summed E-state index contributed by atoms with van der Waals surface area (Å²) in [5.74, 6) is -1.04. The summed E-state index contributed by atoms with van der Waals surface area (Å²) in [5.41, 5.74) is 1.71. The molecule has 4 rings (SSSR count). The van der Waals surface area contributed by atoms with Crippen LogP contribution in [0.4, 0.5) is 4.79 Å². The summed E-state index contributed by atoms with van der Waals surface area (Å²) < 4.78 is 7.00. The normalized spacial score (nSPS) is 11.9. The third-order valence-corrected chi connectivity index (χ3v) is 4.63. The molecule has 0 fully saturated rings. The summed E-state index contributed by atoms with van der Waals surface area (Å²) >= 11 is 6.06. The van der Waals surface area contributed by atoms with E-state index in [9.17, 15) is 14.7 Å². The first-order valence-corrected chi connectivity index (χ1v) is 9.28. The number of fused-ring (bicyclic) bond motifs is 2. The quantitative estimate of drug-likeness (QED) is 0.465. The van der Waals surface area contributed by atoms with Gasteiger partial charge in [0.2, 0.25) is 0 Å². The fourth-order valence-corrected chi connectivity index (χ4v) is 3.39. The molecule has 2 aromatic carbocycles. The van der Waals surface area contributed by atoms with Gasteiger partial charge >= 0.3 is 12.1 Å². The van der Waals surface area contributed by atoms with Crippen molar-refractivity contribution in [1.29, 1.82) is 0 Å². The van der Waals surface area contributed by atoms with Crippen LogP contribution < -0.4 is 0 Å². The maximum atomic E-state index is 13.0. The van der Waals surface area contributed by atoms with Gasteiger partial charge in [0.15, 0.2) is 0 Å². The maximum absolute atomic E-state index is 13.0. The van der Waals surface area contributed by atoms with Crippen LogP contribution in [-0.2, 0) is 4.74 Å². The number of hydrogen-bond acceptors (Lipinski definition) is 4. The standard InChI is InChI=1S/C21H18ClN3O4/c1-21(2,3)29-20(28)25-16-7-4-11(19(26)27)8-12(16)9-17(25)18-14-6-5-13(22)10-15(14)23-24-18/h4-10H,1-3H3,(H,23,24)(H,26,27).